The van der Waals surface area contributed by atoms with E-state index in [4.69, 9.17) is 4.74 Å². The van der Waals surface area contributed by atoms with Crippen LogP contribution in [0.4, 0.5) is 0 Å². The van der Waals surface area contributed by atoms with Crippen LogP contribution in [0.3, 0.4) is 0 Å². The third-order valence-electron chi connectivity index (χ3n) is 2.97. The minimum Gasteiger partial charge on any atom is -0.492 e. The first kappa shape index (κ1) is 14.9. The molecule has 0 unspecified atom stereocenters. The van der Waals surface area contributed by atoms with E-state index in [1.807, 2.05) is 24.6 Å². The molecule has 1 N–H and O–H groups in total. The highest BCUT2D eigenvalue weighted by Gasteiger charge is 2.02. The average Bonchev–Trinajstić information content (AvgIpc) is 2.87. The van der Waals surface area contributed by atoms with Gasteiger partial charge in [0.15, 0.2) is 0 Å². The van der Waals surface area contributed by atoms with Crippen molar-refractivity contribution in [3.05, 3.63) is 40.1 Å². The second kappa shape index (κ2) is 7.97. The molecule has 2 aromatic rings. The summed E-state index contributed by atoms with van der Waals surface area (Å²) in [5, 5.41) is 3.33. The molecule has 108 valence electrons. The van der Waals surface area contributed by atoms with E-state index in [2.05, 4.69) is 22.2 Å². The molecule has 0 aliphatic heterocycles. The van der Waals surface area contributed by atoms with Gasteiger partial charge in [0.1, 0.15) is 5.75 Å². The largest absolute Gasteiger partial charge is 0.492 e. The van der Waals surface area contributed by atoms with Crippen LogP contribution in [0.1, 0.15) is 29.6 Å². The lowest BCUT2D eigenvalue weighted by Crippen LogP contribution is -2.14. The van der Waals surface area contributed by atoms with Gasteiger partial charge in [-0.15, -0.1) is 11.3 Å². The fraction of sp³-hybridized carbons (Fsp3) is 0.467. The summed E-state index contributed by atoms with van der Waals surface area (Å²) in [5.41, 5.74) is 4.03. The number of nitrogens with one attached hydrogen (secondary N) is 1. The molecule has 2 aromatic heterocycles. The zero-order valence-corrected chi connectivity index (χ0v) is 12.9. The SMILES string of the molecule is CCCNCc1ccc(OCCc2scnc2C)cn1. The highest BCUT2D eigenvalue weighted by atomic mass is 32.1. The van der Waals surface area contributed by atoms with Crippen molar-refractivity contribution < 1.29 is 4.74 Å². The number of thiazole rings is 1. The molecule has 2 heterocycles. The molecule has 0 aliphatic carbocycles. The monoisotopic (exact) mass is 291 g/mol. The Kier molecular flexibility index (Phi) is 5.95. The Morgan fingerprint density at radius 3 is 2.85 bits per heavy atom. The zero-order valence-electron chi connectivity index (χ0n) is 12.1. The number of hydrogen-bond donors (Lipinski definition) is 1. The summed E-state index contributed by atoms with van der Waals surface area (Å²) < 4.78 is 5.71. The minimum absolute atomic E-state index is 0.665. The van der Waals surface area contributed by atoms with Gasteiger partial charge >= 0.3 is 0 Å². The molecule has 0 aliphatic rings. The highest BCUT2D eigenvalue weighted by molar-refractivity contribution is 7.09. The molecule has 0 bridgehead atoms. The van der Waals surface area contributed by atoms with Crippen LogP contribution in [0.2, 0.25) is 0 Å². The van der Waals surface area contributed by atoms with Crippen molar-refractivity contribution >= 4 is 11.3 Å². The summed E-state index contributed by atoms with van der Waals surface area (Å²) >= 11 is 1.68. The molecule has 20 heavy (non-hydrogen) atoms. The van der Waals surface area contributed by atoms with Crippen LogP contribution in [0.25, 0.3) is 0 Å². The summed E-state index contributed by atoms with van der Waals surface area (Å²) in [4.78, 5) is 9.91. The Labute approximate surface area is 124 Å². The number of rotatable bonds is 8. The fourth-order valence-corrected chi connectivity index (χ4v) is 2.58. The molecule has 0 fully saturated rings. The van der Waals surface area contributed by atoms with E-state index in [1.54, 1.807) is 17.5 Å². The summed E-state index contributed by atoms with van der Waals surface area (Å²) in [6, 6.07) is 3.99. The number of aryl methyl sites for hydroxylation is 1. The van der Waals surface area contributed by atoms with Crippen molar-refractivity contribution in [2.45, 2.75) is 33.2 Å². The Balaban J connectivity index is 1.74. The third-order valence-corrected chi connectivity index (χ3v) is 3.97. The molecular formula is C15H21N3OS. The lowest BCUT2D eigenvalue weighted by molar-refractivity contribution is 0.321. The quantitative estimate of drug-likeness (QED) is 0.760. The zero-order chi connectivity index (χ0) is 14.2. The number of pyridine rings is 1. The van der Waals surface area contributed by atoms with E-state index in [-0.39, 0.29) is 0 Å². The van der Waals surface area contributed by atoms with Gasteiger partial charge in [-0.2, -0.15) is 0 Å². The van der Waals surface area contributed by atoms with Crippen molar-refractivity contribution in [3.8, 4) is 5.75 Å². The smallest absolute Gasteiger partial charge is 0.137 e. The summed E-state index contributed by atoms with van der Waals surface area (Å²) in [6.07, 6.45) is 3.83. The number of hydrogen-bond acceptors (Lipinski definition) is 5. The second-order valence-electron chi connectivity index (χ2n) is 4.62. The van der Waals surface area contributed by atoms with Crippen LogP contribution in [-0.2, 0) is 13.0 Å². The van der Waals surface area contributed by atoms with Gasteiger partial charge in [0.2, 0.25) is 0 Å². The van der Waals surface area contributed by atoms with Gasteiger partial charge in [0.25, 0.3) is 0 Å². The second-order valence-corrected chi connectivity index (χ2v) is 5.56. The van der Waals surface area contributed by atoms with E-state index in [1.165, 1.54) is 4.88 Å². The topological polar surface area (TPSA) is 47.0 Å². The van der Waals surface area contributed by atoms with Gasteiger partial charge in [-0.1, -0.05) is 6.92 Å². The third kappa shape index (κ3) is 4.58. The van der Waals surface area contributed by atoms with Gasteiger partial charge in [0.05, 0.1) is 29.7 Å². The maximum atomic E-state index is 5.71. The van der Waals surface area contributed by atoms with Crippen LogP contribution in [-0.4, -0.2) is 23.1 Å². The molecule has 0 radical (unpaired) electrons. The Morgan fingerprint density at radius 1 is 1.30 bits per heavy atom. The van der Waals surface area contributed by atoms with Crippen molar-refractivity contribution in [1.29, 1.82) is 0 Å². The predicted octanol–water partition coefficient (Wildman–Crippen LogP) is 2.97. The fourth-order valence-electron chi connectivity index (χ4n) is 1.82. The molecule has 0 aromatic carbocycles. The molecular weight excluding hydrogens is 270 g/mol. The normalized spacial score (nSPS) is 10.7. The van der Waals surface area contributed by atoms with Crippen LogP contribution in [0.15, 0.2) is 23.8 Å². The van der Waals surface area contributed by atoms with Crippen molar-refractivity contribution in [2.24, 2.45) is 0 Å². The number of nitrogens with zero attached hydrogens (tertiary/aromatic N) is 2. The lowest BCUT2D eigenvalue weighted by Gasteiger charge is -2.07. The van der Waals surface area contributed by atoms with Gasteiger partial charge in [-0.05, 0) is 32.0 Å². The first-order valence-corrected chi connectivity index (χ1v) is 7.85. The van der Waals surface area contributed by atoms with E-state index in [0.29, 0.717) is 6.61 Å². The predicted molar refractivity (Wildman–Crippen MR) is 82.3 cm³/mol. The maximum absolute atomic E-state index is 5.71. The van der Waals surface area contributed by atoms with Crippen molar-refractivity contribution in [2.75, 3.05) is 13.2 Å². The van der Waals surface area contributed by atoms with Gasteiger partial charge < -0.3 is 10.1 Å². The van der Waals surface area contributed by atoms with Crippen LogP contribution >= 0.6 is 11.3 Å². The first-order valence-electron chi connectivity index (χ1n) is 6.97. The Bertz CT molecular complexity index is 510. The van der Waals surface area contributed by atoms with Gasteiger partial charge in [-0.25, -0.2) is 4.98 Å². The highest BCUT2D eigenvalue weighted by Crippen LogP contribution is 2.14. The molecule has 4 nitrogen and oxygen atoms in total. The van der Waals surface area contributed by atoms with Crippen LogP contribution < -0.4 is 10.1 Å². The minimum atomic E-state index is 0.665. The van der Waals surface area contributed by atoms with Crippen LogP contribution in [0.5, 0.6) is 5.75 Å². The van der Waals surface area contributed by atoms with E-state index in [0.717, 1.165) is 43.1 Å². The van der Waals surface area contributed by atoms with E-state index < -0.39 is 0 Å². The van der Waals surface area contributed by atoms with Crippen molar-refractivity contribution in [1.82, 2.24) is 15.3 Å². The molecule has 0 spiro atoms. The molecule has 5 heteroatoms. The van der Waals surface area contributed by atoms with E-state index in [9.17, 15) is 0 Å². The van der Waals surface area contributed by atoms with Crippen LogP contribution in [0, 0.1) is 6.92 Å². The Hall–Kier alpha value is -1.46. The van der Waals surface area contributed by atoms with Gasteiger partial charge in [-0.3, -0.25) is 4.98 Å². The molecule has 0 atom stereocenters. The molecule has 0 saturated heterocycles. The van der Waals surface area contributed by atoms with E-state index >= 15 is 0 Å². The first-order chi connectivity index (χ1) is 9.79. The summed E-state index contributed by atoms with van der Waals surface area (Å²) in [7, 11) is 0. The van der Waals surface area contributed by atoms with Gasteiger partial charge in [0, 0.05) is 17.8 Å². The summed E-state index contributed by atoms with van der Waals surface area (Å²) in [5.74, 6) is 0.825. The average molecular weight is 291 g/mol. The molecule has 0 saturated carbocycles. The molecule has 0 amide bonds. The lowest BCUT2D eigenvalue weighted by atomic mass is 10.3. The maximum Gasteiger partial charge on any atom is 0.137 e. The Morgan fingerprint density at radius 2 is 2.20 bits per heavy atom. The number of ether oxygens (including phenoxy) is 1. The van der Waals surface area contributed by atoms with Crippen molar-refractivity contribution in [3.63, 3.8) is 0 Å². The summed E-state index contributed by atoms with van der Waals surface area (Å²) in [6.45, 7) is 6.69. The molecule has 2 rings (SSSR count). The standard InChI is InChI=1S/C15H21N3OS/c1-3-7-16-9-13-4-5-14(10-17-13)19-8-6-15-12(2)18-11-20-15/h4-5,10-11,16H,3,6-9H2,1-2H3. The number of aromatic nitrogens is 2.